The molecule has 2 rings (SSSR count). The monoisotopic (exact) mass is 243 g/mol. The van der Waals surface area contributed by atoms with Crippen molar-refractivity contribution < 1.29 is 5.11 Å². The molecule has 4 nitrogen and oxygen atoms in total. The summed E-state index contributed by atoms with van der Waals surface area (Å²) in [6.07, 6.45) is 2.48. The number of aryl methyl sites for hydroxylation is 2. The van der Waals surface area contributed by atoms with Crippen molar-refractivity contribution in [2.45, 2.75) is 20.3 Å². The van der Waals surface area contributed by atoms with Crippen LogP contribution in [-0.2, 0) is 6.42 Å². The Hall–Kier alpha value is -1.94. The summed E-state index contributed by atoms with van der Waals surface area (Å²) in [6.45, 7) is 4.01. The van der Waals surface area contributed by atoms with Gasteiger partial charge in [-0.3, -0.25) is 0 Å². The maximum atomic E-state index is 8.85. The van der Waals surface area contributed by atoms with Crippen molar-refractivity contribution in [2.75, 3.05) is 11.9 Å². The third-order valence-corrected chi connectivity index (χ3v) is 2.73. The van der Waals surface area contributed by atoms with Crippen LogP contribution in [0.15, 0.2) is 30.5 Å². The molecule has 0 amide bonds. The Morgan fingerprint density at radius 1 is 1.17 bits per heavy atom. The van der Waals surface area contributed by atoms with E-state index in [1.165, 1.54) is 0 Å². The quantitative estimate of drug-likeness (QED) is 0.865. The lowest BCUT2D eigenvalue weighted by molar-refractivity contribution is 0.299. The second-order valence-electron chi connectivity index (χ2n) is 4.21. The number of aliphatic hydroxyl groups excluding tert-OH is 1. The van der Waals surface area contributed by atoms with Crippen molar-refractivity contribution in [1.29, 1.82) is 0 Å². The zero-order valence-electron chi connectivity index (χ0n) is 10.6. The molecule has 0 radical (unpaired) electrons. The van der Waals surface area contributed by atoms with E-state index in [1.807, 2.05) is 38.1 Å². The maximum absolute atomic E-state index is 8.85. The van der Waals surface area contributed by atoms with Crippen LogP contribution in [0.3, 0.4) is 0 Å². The summed E-state index contributed by atoms with van der Waals surface area (Å²) in [5.74, 6) is 0.774. The number of anilines is 2. The van der Waals surface area contributed by atoms with Crippen molar-refractivity contribution in [3.63, 3.8) is 0 Å². The Morgan fingerprint density at radius 2 is 1.89 bits per heavy atom. The van der Waals surface area contributed by atoms with Crippen LogP contribution in [0, 0.1) is 13.8 Å². The summed E-state index contributed by atoms with van der Waals surface area (Å²) in [5.41, 5.74) is 3.96. The molecule has 0 aliphatic rings. The minimum atomic E-state index is 0.178. The minimum absolute atomic E-state index is 0.178. The lowest BCUT2D eigenvalue weighted by Crippen LogP contribution is -1.99. The molecule has 0 atom stereocenters. The van der Waals surface area contributed by atoms with Gasteiger partial charge in [-0.05, 0) is 38.0 Å². The molecule has 94 valence electrons. The van der Waals surface area contributed by atoms with E-state index in [0.717, 1.165) is 28.5 Å². The van der Waals surface area contributed by atoms with E-state index >= 15 is 0 Å². The van der Waals surface area contributed by atoms with E-state index in [1.54, 1.807) is 6.20 Å². The average Bonchev–Trinajstić information content (AvgIpc) is 2.35. The minimum Gasteiger partial charge on any atom is -0.396 e. The van der Waals surface area contributed by atoms with E-state index < -0.39 is 0 Å². The van der Waals surface area contributed by atoms with Crippen LogP contribution in [-0.4, -0.2) is 21.7 Å². The zero-order valence-corrected chi connectivity index (χ0v) is 10.6. The molecule has 0 saturated carbocycles. The summed E-state index contributed by atoms with van der Waals surface area (Å²) < 4.78 is 0. The third-order valence-electron chi connectivity index (χ3n) is 2.73. The summed E-state index contributed by atoms with van der Waals surface area (Å²) in [4.78, 5) is 8.49. The molecular weight excluding hydrogens is 226 g/mol. The van der Waals surface area contributed by atoms with Crippen LogP contribution in [0.5, 0.6) is 0 Å². The van der Waals surface area contributed by atoms with E-state index in [0.29, 0.717) is 6.42 Å². The van der Waals surface area contributed by atoms with E-state index in [-0.39, 0.29) is 6.61 Å². The van der Waals surface area contributed by atoms with Crippen LogP contribution in [0.1, 0.15) is 17.1 Å². The van der Waals surface area contributed by atoms with Gasteiger partial charge in [0.05, 0.1) is 17.6 Å². The molecule has 2 aromatic rings. The molecule has 4 heteroatoms. The van der Waals surface area contributed by atoms with Crippen molar-refractivity contribution >= 4 is 11.4 Å². The smallest absolute Gasteiger partial charge is 0.125 e. The van der Waals surface area contributed by atoms with Gasteiger partial charge in [-0.25, -0.2) is 9.97 Å². The third kappa shape index (κ3) is 3.05. The Morgan fingerprint density at radius 3 is 2.50 bits per heavy atom. The molecule has 18 heavy (non-hydrogen) atoms. The fraction of sp³-hybridized carbons (Fsp3) is 0.286. The Kier molecular flexibility index (Phi) is 3.89. The molecule has 1 aromatic carbocycles. The molecule has 0 bridgehead atoms. The molecule has 0 spiro atoms. The summed E-state index contributed by atoms with van der Waals surface area (Å²) in [5, 5.41) is 12.1. The highest BCUT2D eigenvalue weighted by atomic mass is 16.2. The van der Waals surface area contributed by atoms with E-state index in [4.69, 9.17) is 5.11 Å². The number of nitrogens with one attached hydrogen (secondary N) is 1. The van der Waals surface area contributed by atoms with Gasteiger partial charge in [0.25, 0.3) is 0 Å². The predicted molar refractivity (Wildman–Crippen MR) is 72.0 cm³/mol. The molecule has 0 unspecified atom stereocenters. The zero-order chi connectivity index (χ0) is 13.0. The van der Waals surface area contributed by atoms with Gasteiger partial charge >= 0.3 is 0 Å². The van der Waals surface area contributed by atoms with Gasteiger partial charge in [0.2, 0.25) is 0 Å². The standard InChI is InChI=1S/C14H17N3O/c1-10-14(9-15-11(2)16-10)17-13-5-3-12(4-6-13)7-8-18/h3-6,9,17-18H,7-8H2,1-2H3. The first-order valence-corrected chi connectivity index (χ1v) is 5.96. The molecule has 2 N–H and O–H groups in total. The number of nitrogens with zero attached hydrogens (tertiary/aromatic N) is 2. The highest BCUT2D eigenvalue weighted by molar-refractivity contribution is 5.60. The van der Waals surface area contributed by atoms with Gasteiger partial charge in [0.1, 0.15) is 5.82 Å². The first kappa shape index (κ1) is 12.5. The van der Waals surface area contributed by atoms with Crippen LogP contribution in [0.25, 0.3) is 0 Å². The first-order valence-electron chi connectivity index (χ1n) is 5.96. The van der Waals surface area contributed by atoms with Crippen LogP contribution in [0.2, 0.25) is 0 Å². The van der Waals surface area contributed by atoms with Crippen molar-refractivity contribution in [3.05, 3.63) is 47.5 Å². The number of hydrogen-bond donors (Lipinski definition) is 2. The van der Waals surface area contributed by atoms with Crippen molar-refractivity contribution in [1.82, 2.24) is 9.97 Å². The molecule has 0 aliphatic carbocycles. The second-order valence-corrected chi connectivity index (χ2v) is 4.21. The molecular formula is C14H17N3O. The molecule has 0 fully saturated rings. The Bertz CT molecular complexity index is 523. The molecule has 1 aromatic heterocycles. The van der Waals surface area contributed by atoms with Crippen LogP contribution >= 0.6 is 0 Å². The fourth-order valence-electron chi connectivity index (χ4n) is 1.75. The number of rotatable bonds is 4. The highest BCUT2D eigenvalue weighted by Crippen LogP contribution is 2.18. The van der Waals surface area contributed by atoms with Crippen molar-refractivity contribution in [2.24, 2.45) is 0 Å². The molecule has 0 saturated heterocycles. The van der Waals surface area contributed by atoms with E-state index in [2.05, 4.69) is 15.3 Å². The summed E-state index contributed by atoms with van der Waals surface area (Å²) >= 11 is 0. The molecule has 0 aliphatic heterocycles. The highest BCUT2D eigenvalue weighted by Gasteiger charge is 2.01. The maximum Gasteiger partial charge on any atom is 0.125 e. The predicted octanol–water partition coefficient (Wildman–Crippen LogP) is 2.37. The largest absolute Gasteiger partial charge is 0.396 e. The number of aromatic nitrogens is 2. The van der Waals surface area contributed by atoms with Gasteiger partial charge in [0.15, 0.2) is 0 Å². The lowest BCUT2D eigenvalue weighted by atomic mass is 10.1. The van der Waals surface area contributed by atoms with Gasteiger partial charge in [-0.15, -0.1) is 0 Å². The number of aliphatic hydroxyl groups is 1. The average molecular weight is 243 g/mol. The van der Waals surface area contributed by atoms with Crippen LogP contribution in [0.4, 0.5) is 11.4 Å². The number of hydrogen-bond acceptors (Lipinski definition) is 4. The van der Waals surface area contributed by atoms with Gasteiger partial charge < -0.3 is 10.4 Å². The van der Waals surface area contributed by atoms with Gasteiger partial charge in [-0.2, -0.15) is 0 Å². The number of benzene rings is 1. The topological polar surface area (TPSA) is 58.0 Å². The summed E-state index contributed by atoms with van der Waals surface area (Å²) in [6, 6.07) is 7.99. The molecule has 1 heterocycles. The summed E-state index contributed by atoms with van der Waals surface area (Å²) in [7, 11) is 0. The Balaban J connectivity index is 2.13. The fourth-order valence-corrected chi connectivity index (χ4v) is 1.75. The van der Waals surface area contributed by atoms with Crippen LogP contribution < -0.4 is 5.32 Å². The lowest BCUT2D eigenvalue weighted by Gasteiger charge is -2.09. The Labute approximate surface area is 107 Å². The van der Waals surface area contributed by atoms with Gasteiger partial charge in [-0.1, -0.05) is 12.1 Å². The normalized spacial score (nSPS) is 10.4. The SMILES string of the molecule is Cc1ncc(Nc2ccc(CCO)cc2)c(C)n1. The van der Waals surface area contributed by atoms with Crippen molar-refractivity contribution in [3.8, 4) is 0 Å². The second kappa shape index (κ2) is 5.60. The van der Waals surface area contributed by atoms with Gasteiger partial charge in [0, 0.05) is 12.3 Å². The van der Waals surface area contributed by atoms with E-state index in [9.17, 15) is 0 Å². The first-order chi connectivity index (χ1) is 8.69.